The van der Waals surface area contributed by atoms with Crippen LogP contribution in [0.3, 0.4) is 0 Å². The molecule has 0 aromatic carbocycles. The Hall–Kier alpha value is -1.05. The number of aliphatic hydroxyl groups excluding tert-OH is 10. The number of hydrogen-bond donors (Lipinski definition) is 10. The molecule has 374 valence electrons. The third-order valence-electron chi connectivity index (χ3n) is 17.7. The van der Waals surface area contributed by atoms with E-state index in [-0.39, 0.29) is 41.3 Å². The second kappa shape index (κ2) is 19.6. The van der Waals surface area contributed by atoms with E-state index in [1.54, 1.807) is 0 Å². The molecule has 8 aliphatic rings. The molecule has 0 spiro atoms. The number of carbonyl (C=O) groups is 1. The summed E-state index contributed by atoms with van der Waals surface area (Å²) in [6.45, 7) is 9.35. The third kappa shape index (κ3) is 9.03. The van der Waals surface area contributed by atoms with Crippen molar-refractivity contribution in [2.75, 3.05) is 26.4 Å². The Morgan fingerprint density at radius 2 is 1.25 bits per heavy atom. The van der Waals surface area contributed by atoms with Crippen LogP contribution in [0.2, 0.25) is 0 Å². The van der Waals surface area contributed by atoms with Gasteiger partial charge in [-0.05, 0) is 99.2 Å². The van der Waals surface area contributed by atoms with Crippen molar-refractivity contribution in [3.05, 3.63) is 0 Å². The zero-order chi connectivity index (χ0) is 46.9. The first-order chi connectivity index (χ1) is 30.8. The summed E-state index contributed by atoms with van der Waals surface area (Å²) in [7, 11) is 0. The average molecular weight is 933 g/mol. The zero-order valence-electron chi connectivity index (χ0n) is 38.3. The van der Waals surface area contributed by atoms with Crippen molar-refractivity contribution in [1.82, 2.24) is 0 Å². The smallest absolute Gasteiger partial charge is 0.187 e. The van der Waals surface area contributed by atoms with Crippen LogP contribution in [-0.4, -0.2) is 193 Å². The van der Waals surface area contributed by atoms with Crippen molar-refractivity contribution >= 4 is 5.78 Å². The number of ether oxygens (including phenoxy) is 8. The Bertz CT molecular complexity index is 1610. The van der Waals surface area contributed by atoms with Gasteiger partial charge >= 0.3 is 0 Å². The Kier molecular flexibility index (Phi) is 15.2. The van der Waals surface area contributed by atoms with Gasteiger partial charge in [0.2, 0.25) is 0 Å². The van der Waals surface area contributed by atoms with E-state index >= 15 is 0 Å². The molecule has 0 aromatic heterocycles. The fourth-order valence-electron chi connectivity index (χ4n) is 13.7. The Labute approximate surface area is 380 Å². The largest absolute Gasteiger partial charge is 0.394 e. The summed E-state index contributed by atoms with van der Waals surface area (Å²) in [5, 5.41) is 106. The molecule has 4 heterocycles. The number of carbonyl (C=O) groups excluding carboxylic acids is 1. The summed E-state index contributed by atoms with van der Waals surface area (Å²) < 4.78 is 48.6. The zero-order valence-corrected chi connectivity index (χ0v) is 38.3. The van der Waals surface area contributed by atoms with E-state index in [1.807, 2.05) is 0 Å². The van der Waals surface area contributed by atoms with E-state index in [4.69, 9.17) is 37.9 Å². The summed E-state index contributed by atoms with van der Waals surface area (Å²) in [5.41, 5.74) is -0.572. The van der Waals surface area contributed by atoms with Crippen LogP contribution >= 0.6 is 0 Å². The minimum absolute atomic E-state index is 0.0470. The molecule has 4 saturated heterocycles. The van der Waals surface area contributed by atoms with E-state index in [0.29, 0.717) is 43.5 Å². The normalized spacial score (nSPS) is 55.0. The van der Waals surface area contributed by atoms with E-state index in [0.717, 1.165) is 44.9 Å². The number of fused-ring (bicyclic) bond motifs is 5. The molecule has 10 N–H and O–H groups in total. The van der Waals surface area contributed by atoms with Crippen molar-refractivity contribution in [2.24, 2.45) is 46.3 Å². The van der Waals surface area contributed by atoms with E-state index in [2.05, 4.69) is 34.6 Å². The van der Waals surface area contributed by atoms with E-state index in [1.165, 1.54) is 0 Å². The van der Waals surface area contributed by atoms with Crippen LogP contribution in [0.1, 0.15) is 98.8 Å². The molecule has 6 unspecified atom stereocenters. The average Bonchev–Trinajstić information content (AvgIpc) is 3.58. The second-order valence-electron chi connectivity index (χ2n) is 21.4. The maximum atomic E-state index is 14.5. The van der Waals surface area contributed by atoms with Gasteiger partial charge in [0.05, 0.1) is 38.6 Å². The molecular formula is C46H76O19. The van der Waals surface area contributed by atoms with Crippen LogP contribution in [-0.2, 0) is 42.7 Å². The van der Waals surface area contributed by atoms with Gasteiger partial charge in [0.25, 0.3) is 0 Å². The predicted molar refractivity (Wildman–Crippen MR) is 223 cm³/mol. The lowest BCUT2D eigenvalue weighted by molar-refractivity contribution is -0.390. The van der Waals surface area contributed by atoms with Gasteiger partial charge in [0.1, 0.15) is 79.0 Å². The summed E-state index contributed by atoms with van der Waals surface area (Å²) in [4.78, 5) is 14.5. The van der Waals surface area contributed by atoms with Gasteiger partial charge in [-0.1, -0.05) is 27.7 Å². The van der Waals surface area contributed by atoms with Crippen molar-refractivity contribution in [1.29, 1.82) is 0 Å². The molecule has 0 aromatic rings. The summed E-state index contributed by atoms with van der Waals surface area (Å²) in [6.07, 6.45) is -17.3. The number of ketones is 1. The highest BCUT2D eigenvalue weighted by Gasteiger charge is 2.66. The second-order valence-corrected chi connectivity index (χ2v) is 21.4. The number of Topliss-reactive ketones (excluding diaryl/α,β-unsaturated/α-hetero) is 1. The Morgan fingerprint density at radius 3 is 1.89 bits per heavy atom. The van der Waals surface area contributed by atoms with Crippen molar-refractivity contribution in [3.63, 3.8) is 0 Å². The maximum absolute atomic E-state index is 14.5. The summed E-state index contributed by atoms with van der Waals surface area (Å²) in [5.74, 6) is 1.36. The first kappa shape index (κ1) is 50.3. The van der Waals surface area contributed by atoms with Crippen molar-refractivity contribution < 1.29 is 93.8 Å². The highest BCUT2D eigenvalue weighted by molar-refractivity contribution is 5.87. The quantitative estimate of drug-likeness (QED) is 0.108. The predicted octanol–water partition coefficient (Wildman–Crippen LogP) is -0.774. The molecule has 0 radical (unpaired) electrons. The van der Waals surface area contributed by atoms with Crippen LogP contribution in [0, 0.1) is 46.3 Å². The fourth-order valence-corrected chi connectivity index (χ4v) is 13.7. The minimum atomic E-state index is -1.90. The number of rotatable bonds is 12. The van der Waals surface area contributed by atoms with Gasteiger partial charge in [-0.15, -0.1) is 0 Å². The van der Waals surface area contributed by atoms with Crippen LogP contribution in [0.25, 0.3) is 0 Å². The van der Waals surface area contributed by atoms with Crippen LogP contribution in [0.15, 0.2) is 0 Å². The molecule has 0 amide bonds. The molecule has 65 heavy (non-hydrogen) atoms. The molecule has 4 aliphatic carbocycles. The minimum Gasteiger partial charge on any atom is -0.394 e. The molecule has 0 bridgehead atoms. The Balaban J connectivity index is 0.915. The SMILES string of the molecule is CC[C@H]1[C@@H](O[C@@]2(C)CC[C@@H](C)CO2)C[C@H]2[C@@H]3CC[C@H]4C[C@@H](O[C@@H]5OC(CO)[C@H](O[C@@H]6OC(CO)[C@@H](O)[C@H](O)C6O[C@@H]6OC(CO)[C@@H](O)[C@H](O)C6O)[C@H](O)C5O)CC[C@]4(C)[C@H]3CC(=O)[C@@]21C. The molecule has 4 saturated carbocycles. The first-order valence-electron chi connectivity index (χ1n) is 24.2. The van der Waals surface area contributed by atoms with E-state index in [9.17, 15) is 55.9 Å². The molecule has 19 heteroatoms. The summed E-state index contributed by atoms with van der Waals surface area (Å²) >= 11 is 0. The highest BCUT2D eigenvalue weighted by Crippen LogP contribution is 2.67. The molecule has 19 nitrogen and oxygen atoms in total. The van der Waals surface area contributed by atoms with E-state index < -0.39 is 123 Å². The van der Waals surface area contributed by atoms with Gasteiger partial charge in [-0.2, -0.15) is 0 Å². The van der Waals surface area contributed by atoms with Crippen molar-refractivity contribution in [3.8, 4) is 0 Å². The standard InChI is InChI=1S/C46H76O19/c1-6-24-27(65-45(4)12-9-20(2)19-58-45)14-26-23-8-7-21-13-22(10-11-44(21,3)25(23)15-31(50)46(24,26)5)59-41-38(57)36(55)39(30(18-49)62-41)63-43-40(35(54)33(52)29(17-48)61-43)64-42-37(56)34(53)32(51)28(16-47)60-42/h20-30,32-43,47-49,51-57H,6-19H2,1-5H3/t20-,21+,22+,23-,24+,25+,26+,27+,28?,29?,30?,32-,33-,34+,35+,36-,37?,38?,39+,40?,41-,42+,43+,44+,45+,46-/m1/s1. The van der Waals surface area contributed by atoms with Gasteiger partial charge in [0, 0.05) is 18.3 Å². The van der Waals surface area contributed by atoms with Crippen LogP contribution in [0.5, 0.6) is 0 Å². The van der Waals surface area contributed by atoms with Gasteiger partial charge < -0.3 is 89.0 Å². The third-order valence-corrected chi connectivity index (χ3v) is 17.7. The molecule has 8 fully saturated rings. The summed E-state index contributed by atoms with van der Waals surface area (Å²) in [6, 6.07) is 0. The highest BCUT2D eigenvalue weighted by atomic mass is 16.8. The lowest BCUT2D eigenvalue weighted by Crippen LogP contribution is -2.67. The number of aliphatic hydroxyl groups is 10. The lowest BCUT2D eigenvalue weighted by Gasteiger charge is -2.60. The first-order valence-corrected chi connectivity index (χ1v) is 24.2. The monoisotopic (exact) mass is 932 g/mol. The molecule has 26 atom stereocenters. The van der Waals surface area contributed by atoms with Gasteiger partial charge in [0.15, 0.2) is 24.7 Å². The van der Waals surface area contributed by atoms with Crippen LogP contribution < -0.4 is 0 Å². The Morgan fingerprint density at radius 1 is 0.646 bits per heavy atom. The van der Waals surface area contributed by atoms with Gasteiger partial charge in [-0.25, -0.2) is 0 Å². The fraction of sp³-hybridized carbons (Fsp3) is 0.978. The molecule has 4 aliphatic heterocycles. The topological polar surface area (TPSA) is 293 Å². The van der Waals surface area contributed by atoms with Crippen LogP contribution in [0.4, 0.5) is 0 Å². The molecular weight excluding hydrogens is 856 g/mol. The molecule has 8 rings (SSSR count). The lowest BCUT2D eigenvalue weighted by atomic mass is 9.44. The maximum Gasteiger partial charge on any atom is 0.187 e. The number of hydrogen-bond acceptors (Lipinski definition) is 19. The van der Waals surface area contributed by atoms with Crippen molar-refractivity contribution in [2.45, 2.75) is 209 Å². The van der Waals surface area contributed by atoms with Gasteiger partial charge in [-0.3, -0.25) is 4.79 Å².